The number of hydrogen-bond acceptors (Lipinski definition) is 15. The highest BCUT2D eigenvalue weighted by molar-refractivity contribution is 7.86. The number of rotatable bonds is 8. The average Bonchev–Trinajstić information content (AvgIpc) is 3.02. The molecule has 0 amide bonds. The lowest BCUT2D eigenvalue weighted by Crippen LogP contribution is -2.37. The predicted octanol–water partition coefficient (Wildman–Crippen LogP) is 3.76. The number of benzene rings is 4. The monoisotopic (exact) mass is 735 g/mol. The Morgan fingerprint density at radius 2 is 1.53 bits per heavy atom. The van der Waals surface area contributed by atoms with Crippen LogP contribution in [0.2, 0.25) is 0 Å². The first kappa shape index (κ1) is 33.9. The zero-order valence-corrected chi connectivity index (χ0v) is 26.9. The largest absolute Gasteiger partial charge is 0.505 e. The van der Waals surface area contributed by atoms with Crippen LogP contribution in [0, 0.1) is 6.08 Å². The van der Waals surface area contributed by atoms with Gasteiger partial charge in [0.05, 0.1) is 23.8 Å². The maximum absolute atomic E-state index is 14.5. The number of aromatic hydroxyl groups is 1. The van der Waals surface area contributed by atoms with E-state index in [1.54, 1.807) is 17.0 Å². The van der Waals surface area contributed by atoms with Crippen molar-refractivity contribution in [3.05, 3.63) is 60.7 Å². The molecule has 6 rings (SSSR count). The van der Waals surface area contributed by atoms with E-state index in [0.29, 0.717) is 37.8 Å². The molecule has 4 aromatic carbocycles. The number of halogens is 1. The van der Waals surface area contributed by atoms with Crippen molar-refractivity contribution < 1.29 is 53.1 Å². The number of fused-ring (bicyclic) bond motifs is 2. The van der Waals surface area contributed by atoms with Crippen LogP contribution in [0.3, 0.4) is 0 Å². The summed E-state index contributed by atoms with van der Waals surface area (Å²) in [5, 5.41) is 21.1. The van der Waals surface area contributed by atoms with Crippen LogP contribution in [0.5, 0.6) is 5.75 Å². The molecule has 0 bridgehead atoms. The van der Waals surface area contributed by atoms with E-state index in [-0.39, 0.29) is 11.3 Å². The van der Waals surface area contributed by atoms with Gasteiger partial charge in [-0.2, -0.15) is 44.6 Å². The number of aromatic nitrogens is 3. The highest BCUT2D eigenvalue weighted by Gasteiger charge is 2.27. The Hall–Kier alpha value is -4.97. The topological polar surface area (TPSA) is 271 Å². The van der Waals surface area contributed by atoms with Crippen LogP contribution >= 0.6 is 0 Å². The molecule has 256 valence electrons. The molecule has 1 saturated heterocycles. The molecular weight excluding hydrogens is 714 g/mol. The van der Waals surface area contributed by atoms with Gasteiger partial charge in [0.1, 0.15) is 21.2 Å². The number of nitrogens with one attached hydrogen (secondary N) is 1. The van der Waals surface area contributed by atoms with Crippen molar-refractivity contribution in [3.8, 4) is 5.75 Å². The molecule has 5 N–H and O–H groups in total. The Bertz CT molecular complexity index is 2530. The first-order valence-corrected chi connectivity index (χ1v) is 18.0. The van der Waals surface area contributed by atoms with Crippen molar-refractivity contribution in [1.82, 2.24) is 15.0 Å². The number of ether oxygens (including phenoxy) is 1. The molecule has 0 aliphatic carbocycles. The summed E-state index contributed by atoms with van der Waals surface area (Å²) in [4.78, 5) is 10.3. The first-order chi connectivity index (χ1) is 23.0. The molecular formula is C27H22FN7O11S3. The molecule has 0 atom stereocenters. The van der Waals surface area contributed by atoms with Crippen LogP contribution in [0.1, 0.15) is 0 Å². The third-order valence-corrected chi connectivity index (χ3v) is 9.85. The average molecular weight is 736 g/mol. The molecule has 0 radical (unpaired) electrons. The smallest absolute Gasteiger partial charge is 0.315 e. The van der Waals surface area contributed by atoms with E-state index in [4.69, 9.17) is 4.74 Å². The summed E-state index contributed by atoms with van der Waals surface area (Å²) in [6.07, 6.45) is -1.24. The number of anilines is 3. The summed E-state index contributed by atoms with van der Waals surface area (Å²) in [5.41, 5.74) is -1.87. The first-order valence-electron chi connectivity index (χ1n) is 13.7. The van der Waals surface area contributed by atoms with Crippen molar-refractivity contribution >= 4 is 80.9 Å². The lowest BCUT2D eigenvalue weighted by Gasteiger charge is -2.26. The fraction of sp³-hybridized carbons (Fsp3) is 0.148. The van der Waals surface area contributed by atoms with Crippen LogP contribution in [-0.4, -0.2) is 85.3 Å². The zero-order chi connectivity index (χ0) is 35.3. The molecule has 0 saturated carbocycles. The highest BCUT2D eigenvalue weighted by atomic mass is 32.2. The number of phenolic OH excluding ortho intramolecular Hbond substituents is 1. The maximum Gasteiger partial charge on any atom is 0.315 e. The maximum atomic E-state index is 14.5. The molecule has 1 aliphatic rings. The van der Waals surface area contributed by atoms with Gasteiger partial charge >= 0.3 is 6.08 Å². The molecule has 49 heavy (non-hydrogen) atoms. The van der Waals surface area contributed by atoms with Gasteiger partial charge in [0.15, 0.2) is 5.75 Å². The number of hydrogen-bond donors (Lipinski definition) is 5. The minimum absolute atomic E-state index is 0.0319. The summed E-state index contributed by atoms with van der Waals surface area (Å²) in [6, 6.07) is 10.8. The van der Waals surface area contributed by atoms with Crippen molar-refractivity contribution in [2.45, 2.75) is 14.7 Å². The number of phenols is 1. The Kier molecular flexibility index (Phi) is 8.64. The van der Waals surface area contributed by atoms with Crippen molar-refractivity contribution in [3.63, 3.8) is 0 Å². The van der Waals surface area contributed by atoms with Gasteiger partial charge in [-0.15, -0.1) is 10.2 Å². The summed E-state index contributed by atoms with van der Waals surface area (Å²) >= 11 is 0. The summed E-state index contributed by atoms with van der Waals surface area (Å²) < 4.78 is 124. The zero-order valence-electron chi connectivity index (χ0n) is 24.5. The molecule has 0 unspecified atom stereocenters. The van der Waals surface area contributed by atoms with E-state index >= 15 is 0 Å². The highest BCUT2D eigenvalue weighted by Crippen LogP contribution is 2.46. The fourth-order valence-electron chi connectivity index (χ4n) is 5.11. The molecule has 0 spiro atoms. The van der Waals surface area contributed by atoms with Gasteiger partial charge < -0.3 is 20.1 Å². The fourth-order valence-corrected chi connectivity index (χ4v) is 7.14. The van der Waals surface area contributed by atoms with Crippen molar-refractivity contribution in [1.29, 1.82) is 0 Å². The predicted molar refractivity (Wildman–Crippen MR) is 169 cm³/mol. The lowest BCUT2D eigenvalue weighted by atomic mass is 10.1. The van der Waals surface area contributed by atoms with Gasteiger partial charge in [-0.3, -0.25) is 13.7 Å². The summed E-state index contributed by atoms with van der Waals surface area (Å²) in [7, 11) is -15.2. The normalized spacial score (nSPS) is 14.6. The Balaban J connectivity index is 1.58. The lowest BCUT2D eigenvalue weighted by molar-refractivity contribution is 0.122. The third-order valence-electron chi connectivity index (χ3n) is 7.21. The molecule has 1 aliphatic heterocycles. The molecule has 22 heteroatoms. The Morgan fingerprint density at radius 1 is 0.816 bits per heavy atom. The Labute approximate surface area is 276 Å². The summed E-state index contributed by atoms with van der Waals surface area (Å²) in [6.45, 7) is 1.19. The van der Waals surface area contributed by atoms with E-state index in [0.717, 1.165) is 18.2 Å². The minimum atomic E-state index is -5.28. The standard InChI is InChI=1S/C27H22FN7O11S3/c28-25-30-26(32-27(31-25)35-7-9-46-10-8-35)29-19-13-16(47(37,38)39)11-15-12-20(48(40,41)42)22(23(36)21(15)19)34-33-18-6-5-14-3-1-2-4-17(14)24(18)49(43,44)45/h1-6,11-13,36H,7-10H2,(H,37,38,39)(H,40,41,42)(H,43,44,45)(H,29,30,31,32). The molecule has 1 fully saturated rings. The van der Waals surface area contributed by atoms with Crippen LogP contribution in [0.4, 0.5) is 33.3 Å². The van der Waals surface area contributed by atoms with Gasteiger partial charge in [0.25, 0.3) is 30.4 Å². The van der Waals surface area contributed by atoms with E-state index in [1.807, 2.05) is 0 Å². The molecule has 5 aromatic rings. The second kappa shape index (κ2) is 12.5. The number of azo groups is 1. The van der Waals surface area contributed by atoms with E-state index in [9.17, 15) is 48.4 Å². The van der Waals surface area contributed by atoms with Crippen molar-refractivity contribution in [2.75, 3.05) is 36.5 Å². The second-order valence-corrected chi connectivity index (χ2v) is 14.5. The van der Waals surface area contributed by atoms with Crippen LogP contribution < -0.4 is 10.2 Å². The van der Waals surface area contributed by atoms with Crippen LogP contribution in [0.15, 0.2) is 79.5 Å². The number of morpholine rings is 1. The molecule has 18 nitrogen and oxygen atoms in total. The number of nitrogens with zero attached hydrogens (tertiary/aromatic N) is 6. The van der Waals surface area contributed by atoms with E-state index < -0.39 is 90.7 Å². The SMILES string of the molecule is O=S(=O)(O)c1cc(Nc2nc(F)nc(N3CCOCC3)n2)c2c(O)c(N=Nc3ccc4ccccc4c3S(=O)(=O)O)c(S(=O)(=O)O)cc2c1. The van der Waals surface area contributed by atoms with Gasteiger partial charge in [0.2, 0.25) is 11.9 Å². The van der Waals surface area contributed by atoms with E-state index in [2.05, 4.69) is 30.5 Å². The van der Waals surface area contributed by atoms with Gasteiger partial charge in [-0.25, -0.2) is 0 Å². The Morgan fingerprint density at radius 3 is 2.20 bits per heavy atom. The molecule has 1 aromatic heterocycles. The summed E-state index contributed by atoms with van der Waals surface area (Å²) in [5.74, 6) is -1.68. The second-order valence-electron chi connectivity index (χ2n) is 10.4. The van der Waals surface area contributed by atoms with Crippen molar-refractivity contribution in [2.24, 2.45) is 10.2 Å². The van der Waals surface area contributed by atoms with Crippen LogP contribution in [0.25, 0.3) is 21.5 Å². The third kappa shape index (κ3) is 6.96. The van der Waals surface area contributed by atoms with Crippen LogP contribution in [-0.2, 0) is 35.1 Å². The van der Waals surface area contributed by atoms with Gasteiger partial charge in [-0.1, -0.05) is 30.3 Å². The minimum Gasteiger partial charge on any atom is -0.505 e. The van der Waals surface area contributed by atoms with Gasteiger partial charge in [0, 0.05) is 23.9 Å². The quantitative estimate of drug-likeness (QED) is 0.112. The van der Waals surface area contributed by atoms with E-state index in [1.165, 1.54) is 18.2 Å². The van der Waals surface area contributed by atoms with Gasteiger partial charge in [-0.05, 0) is 35.0 Å². The molecule has 2 heterocycles.